The lowest BCUT2D eigenvalue weighted by Gasteiger charge is -2.34. The molecule has 200 valence electrons. The third kappa shape index (κ3) is 5.63. The Kier molecular flexibility index (Phi) is 7.85. The Balaban J connectivity index is 1.24. The van der Waals surface area contributed by atoms with E-state index < -0.39 is 0 Å². The van der Waals surface area contributed by atoms with Crippen molar-refractivity contribution in [2.45, 2.75) is 13.3 Å². The van der Waals surface area contributed by atoms with Crippen LogP contribution in [-0.4, -0.2) is 105 Å². The van der Waals surface area contributed by atoms with E-state index in [1.807, 2.05) is 53.6 Å². The molecule has 5 rings (SSSR count). The Morgan fingerprint density at radius 3 is 2.53 bits per heavy atom. The van der Waals surface area contributed by atoms with Crippen LogP contribution >= 0.6 is 0 Å². The number of aromatic nitrogens is 3. The first-order valence-corrected chi connectivity index (χ1v) is 13.0. The lowest BCUT2D eigenvalue weighted by atomic mass is 10.0. The van der Waals surface area contributed by atoms with Crippen molar-refractivity contribution in [3.8, 4) is 0 Å². The highest BCUT2D eigenvalue weighted by Gasteiger charge is 2.23. The van der Waals surface area contributed by atoms with E-state index in [9.17, 15) is 9.59 Å². The molecule has 0 aliphatic carbocycles. The quantitative estimate of drug-likeness (QED) is 0.489. The maximum atomic E-state index is 12.9. The Morgan fingerprint density at radius 1 is 1.05 bits per heavy atom. The molecule has 0 unspecified atom stereocenters. The van der Waals surface area contributed by atoms with E-state index in [1.165, 1.54) is 0 Å². The van der Waals surface area contributed by atoms with Crippen LogP contribution in [0.3, 0.4) is 0 Å². The van der Waals surface area contributed by atoms with E-state index in [-0.39, 0.29) is 18.6 Å². The second-order valence-corrected chi connectivity index (χ2v) is 9.31. The topological polar surface area (TPSA) is 116 Å². The van der Waals surface area contributed by atoms with Crippen LogP contribution in [0.5, 0.6) is 0 Å². The van der Waals surface area contributed by atoms with Gasteiger partial charge >= 0.3 is 6.09 Å². The van der Waals surface area contributed by atoms with Gasteiger partial charge in [0.15, 0.2) is 5.65 Å². The number of ether oxygens (including phenoxy) is 1. The van der Waals surface area contributed by atoms with Gasteiger partial charge in [0, 0.05) is 68.8 Å². The molecular formula is C27H33N7O4. The van der Waals surface area contributed by atoms with Crippen molar-refractivity contribution in [1.82, 2.24) is 29.3 Å². The number of hydrogen-bond acceptors (Lipinski definition) is 8. The first-order chi connectivity index (χ1) is 18.6. The summed E-state index contributed by atoms with van der Waals surface area (Å²) >= 11 is 0. The predicted molar refractivity (Wildman–Crippen MR) is 143 cm³/mol. The molecule has 11 heteroatoms. The Labute approximate surface area is 221 Å². The molecule has 3 aromatic rings. The number of carbonyl (C=O) groups excluding carboxylic acids is 2. The number of carbonyl (C=O) groups is 2. The number of pyridine rings is 1. The van der Waals surface area contributed by atoms with Crippen LogP contribution in [0, 0.1) is 0 Å². The van der Waals surface area contributed by atoms with E-state index >= 15 is 0 Å². The van der Waals surface area contributed by atoms with E-state index in [4.69, 9.17) is 14.8 Å². The molecule has 0 bridgehead atoms. The minimum Gasteiger partial charge on any atom is -0.450 e. The lowest BCUT2D eigenvalue weighted by Crippen LogP contribution is -2.49. The average molecular weight is 520 g/mol. The number of nitrogens with one attached hydrogen (secondary N) is 1. The van der Waals surface area contributed by atoms with E-state index in [1.54, 1.807) is 16.3 Å². The predicted octanol–water partition coefficient (Wildman–Crippen LogP) is 2.47. The third-order valence-corrected chi connectivity index (χ3v) is 6.91. The molecule has 2 aliphatic heterocycles. The van der Waals surface area contributed by atoms with Crippen molar-refractivity contribution in [1.29, 1.82) is 0 Å². The summed E-state index contributed by atoms with van der Waals surface area (Å²) in [4.78, 5) is 35.3. The molecule has 2 aromatic heterocycles. The Morgan fingerprint density at radius 2 is 1.84 bits per heavy atom. The number of hydrogen-bond donors (Lipinski definition) is 2. The highest BCUT2D eigenvalue weighted by Crippen LogP contribution is 2.27. The number of rotatable bonds is 7. The van der Waals surface area contributed by atoms with Gasteiger partial charge in [0.25, 0.3) is 5.91 Å². The number of aliphatic hydroxyl groups is 1. The number of fused-ring (bicyclic) bond motifs is 1. The summed E-state index contributed by atoms with van der Waals surface area (Å²) in [6.07, 6.45) is 4.32. The summed E-state index contributed by atoms with van der Waals surface area (Å²) in [5, 5.41) is 16.9. The second kappa shape index (κ2) is 11.6. The third-order valence-electron chi connectivity index (χ3n) is 6.91. The monoisotopic (exact) mass is 519 g/mol. The molecule has 11 nitrogen and oxygen atoms in total. The van der Waals surface area contributed by atoms with Crippen molar-refractivity contribution in [2.24, 2.45) is 0 Å². The number of amides is 2. The summed E-state index contributed by atoms with van der Waals surface area (Å²) in [6, 6.07) is 11.3. The maximum absolute atomic E-state index is 12.9. The Bertz CT molecular complexity index is 1310. The minimum absolute atomic E-state index is 0.0120. The van der Waals surface area contributed by atoms with E-state index in [0.29, 0.717) is 57.3 Å². The molecular weight excluding hydrogens is 486 g/mol. The first kappa shape index (κ1) is 25.7. The SMILES string of the molecule is CCOC(=O)N1CC=C(c2cccn3nc(Nc4ccc(C(=O)N5CCN(CCO)CC5)cc4)nc23)CC1. The Hall–Kier alpha value is -3.96. The van der Waals surface area contributed by atoms with Crippen LogP contribution in [0.25, 0.3) is 11.2 Å². The molecule has 2 N–H and O–H groups in total. The molecule has 0 saturated carbocycles. The maximum Gasteiger partial charge on any atom is 0.410 e. The zero-order valence-electron chi connectivity index (χ0n) is 21.5. The van der Waals surface area contributed by atoms with Crippen molar-refractivity contribution in [2.75, 3.05) is 64.3 Å². The number of nitrogens with zero attached hydrogens (tertiary/aromatic N) is 6. The molecule has 1 saturated heterocycles. The van der Waals surface area contributed by atoms with Crippen molar-refractivity contribution >= 4 is 34.9 Å². The number of β-amino-alcohol motifs (C(OH)–C–C–N with tert-alkyl or cyclic N) is 1. The van der Waals surface area contributed by atoms with Crippen LogP contribution in [0.2, 0.25) is 0 Å². The van der Waals surface area contributed by atoms with Gasteiger partial charge in [0.2, 0.25) is 5.95 Å². The van der Waals surface area contributed by atoms with Gasteiger partial charge < -0.3 is 25.0 Å². The summed E-state index contributed by atoms with van der Waals surface area (Å²) in [7, 11) is 0. The van der Waals surface area contributed by atoms with Gasteiger partial charge in [0.1, 0.15) is 0 Å². The van der Waals surface area contributed by atoms with Crippen LogP contribution in [0.15, 0.2) is 48.7 Å². The van der Waals surface area contributed by atoms with Crippen LogP contribution in [-0.2, 0) is 4.74 Å². The van der Waals surface area contributed by atoms with E-state index in [0.717, 1.165) is 35.6 Å². The fourth-order valence-electron chi connectivity index (χ4n) is 4.83. The number of anilines is 2. The van der Waals surface area contributed by atoms with Crippen molar-refractivity contribution < 1.29 is 19.4 Å². The molecule has 1 aromatic carbocycles. The molecule has 2 aliphatic rings. The van der Waals surface area contributed by atoms with Crippen molar-refractivity contribution in [3.63, 3.8) is 0 Å². The van der Waals surface area contributed by atoms with E-state index in [2.05, 4.69) is 15.3 Å². The molecule has 0 spiro atoms. The van der Waals surface area contributed by atoms with Crippen LogP contribution in [0.4, 0.5) is 16.4 Å². The largest absolute Gasteiger partial charge is 0.450 e. The normalized spacial score (nSPS) is 16.4. The highest BCUT2D eigenvalue weighted by atomic mass is 16.6. The summed E-state index contributed by atoms with van der Waals surface area (Å²) in [5.74, 6) is 0.471. The summed E-state index contributed by atoms with van der Waals surface area (Å²) < 4.78 is 6.85. The fourth-order valence-corrected chi connectivity index (χ4v) is 4.83. The van der Waals surface area contributed by atoms with Crippen LogP contribution in [0.1, 0.15) is 29.3 Å². The smallest absolute Gasteiger partial charge is 0.410 e. The van der Waals surface area contributed by atoms with Crippen molar-refractivity contribution in [3.05, 3.63) is 59.8 Å². The van der Waals surface area contributed by atoms with Gasteiger partial charge in [-0.05, 0) is 55.3 Å². The lowest BCUT2D eigenvalue weighted by molar-refractivity contribution is 0.0615. The fraction of sp³-hybridized carbons (Fsp3) is 0.407. The zero-order chi connectivity index (χ0) is 26.5. The minimum atomic E-state index is -0.289. The molecule has 2 amide bonds. The average Bonchev–Trinajstić information content (AvgIpc) is 3.36. The van der Waals surface area contributed by atoms with Gasteiger partial charge in [-0.1, -0.05) is 6.08 Å². The molecule has 38 heavy (non-hydrogen) atoms. The van der Waals surface area contributed by atoms with Crippen LogP contribution < -0.4 is 5.32 Å². The number of benzene rings is 1. The van der Waals surface area contributed by atoms with Gasteiger partial charge in [0.05, 0.1) is 13.2 Å². The number of piperazine rings is 1. The molecule has 1 fully saturated rings. The second-order valence-electron chi connectivity index (χ2n) is 9.31. The molecule has 4 heterocycles. The van der Waals surface area contributed by atoms with Gasteiger partial charge in [-0.3, -0.25) is 9.69 Å². The summed E-state index contributed by atoms with van der Waals surface area (Å²) in [5.41, 5.74) is 4.26. The number of aliphatic hydroxyl groups excluding tert-OH is 1. The zero-order valence-corrected chi connectivity index (χ0v) is 21.5. The molecule has 0 atom stereocenters. The highest BCUT2D eigenvalue weighted by molar-refractivity contribution is 5.94. The van der Waals surface area contributed by atoms with Gasteiger partial charge in [-0.2, -0.15) is 4.98 Å². The first-order valence-electron chi connectivity index (χ1n) is 13.0. The van der Waals surface area contributed by atoms with Gasteiger partial charge in [-0.25, -0.2) is 9.31 Å². The standard InChI is InChI=1S/C27H33N7O4/c1-2-38-27(37)33-12-9-20(10-13-33)23-4-3-11-34-24(23)29-26(30-34)28-22-7-5-21(6-8-22)25(36)32-16-14-31(15-17-32)18-19-35/h3-9,11,35H,2,10,12-19H2,1H3,(H,28,30). The summed E-state index contributed by atoms with van der Waals surface area (Å²) in [6.45, 7) is 6.90. The van der Waals surface area contributed by atoms with Gasteiger partial charge in [-0.15, -0.1) is 5.10 Å². The molecule has 0 radical (unpaired) electrons.